The molecule has 1 aliphatic heterocycles. The van der Waals surface area contributed by atoms with Crippen LogP contribution in [0.4, 0.5) is 0 Å². The summed E-state index contributed by atoms with van der Waals surface area (Å²) < 4.78 is 19.7. The average Bonchev–Trinajstić information content (AvgIpc) is 3.45. The second-order valence-corrected chi connectivity index (χ2v) is 12.3. The molecule has 4 aromatic carbocycles. The molecular weight excluding hydrogens is 610 g/mol. The van der Waals surface area contributed by atoms with Crippen molar-refractivity contribution in [2.75, 3.05) is 27.3 Å². The van der Waals surface area contributed by atoms with Crippen LogP contribution in [0.1, 0.15) is 24.1 Å². The van der Waals surface area contributed by atoms with Crippen molar-refractivity contribution in [2.45, 2.75) is 32.5 Å². The predicted molar refractivity (Wildman–Crippen MR) is 188 cm³/mol. The number of hydrogen-bond donors (Lipinski definition) is 2. The zero-order valence-corrected chi connectivity index (χ0v) is 27.4. The summed E-state index contributed by atoms with van der Waals surface area (Å²) in [5.74, 6) is 3.41. The maximum Gasteiger partial charge on any atom is 0.161 e. The van der Waals surface area contributed by atoms with Gasteiger partial charge in [-0.2, -0.15) is 5.10 Å². The maximum absolute atomic E-state index is 6.78. The van der Waals surface area contributed by atoms with Crippen molar-refractivity contribution in [3.05, 3.63) is 107 Å². The van der Waals surface area contributed by atoms with Crippen molar-refractivity contribution in [2.24, 2.45) is 5.92 Å². The van der Waals surface area contributed by atoms with E-state index in [1.807, 2.05) is 78.9 Å². The van der Waals surface area contributed by atoms with Crippen molar-refractivity contribution < 1.29 is 14.2 Å². The third-order valence-corrected chi connectivity index (χ3v) is 9.11. The molecule has 7 rings (SSSR count). The van der Waals surface area contributed by atoms with Crippen LogP contribution in [-0.2, 0) is 19.6 Å². The fourth-order valence-electron chi connectivity index (χ4n) is 6.43. The Balaban J connectivity index is 1.29. The first-order valence-electron chi connectivity index (χ1n) is 16.0. The second-order valence-electron chi connectivity index (χ2n) is 11.9. The zero-order valence-electron chi connectivity index (χ0n) is 26.6. The maximum atomic E-state index is 6.78. The highest BCUT2D eigenvalue weighted by molar-refractivity contribution is 6.33. The van der Waals surface area contributed by atoms with Gasteiger partial charge in [0.2, 0.25) is 0 Å². The number of rotatable bonds is 11. The van der Waals surface area contributed by atoms with Crippen LogP contribution in [0.3, 0.4) is 0 Å². The molecule has 6 aromatic rings. The molecule has 0 spiro atoms. The van der Waals surface area contributed by atoms with Crippen LogP contribution < -0.4 is 24.8 Å². The lowest BCUT2D eigenvalue weighted by Gasteiger charge is -2.22. The molecule has 1 aliphatic rings. The Kier molecular flexibility index (Phi) is 9.24. The molecule has 0 aliphatic carbocycles. The molecular formula is C38H38ClN5O3. The number of ether oxygens (including phenoxy) is 3. The van der Waals surface area contributed by atoms with Gasteiger partial charge in [0.05, 0.1) is 31.0 Å². The molecule has 0 radical (unpaired) electrons. The first-order valence-corrected chi connectivity index (χ1v) is 16.4. The van der Waals surface area contributed by atoms with Gasteiger partial charge in [0.1, 0.15) is 11.5 Å². The Labute approximate surface area is 279 Å². The fourth-order valence-corrected chi connectivity index (χ4v) is 6.65. The number of benzene rings is 4. The Morgan fingerprint density at radius 1 is 0.830 bits per heavy atom. The van der Waals surface area contributed by atoms with Crippen molar-refractivity contribution >= 4 is 33.4 Å². The van der Waals surface area contributed by atoms with Crippen LogP contribution in [0.2, 0.25) is 5.02 Å². The van der Waals surface area contributed by atoms with Gasteiger partial charge in [0.25, 0.3) is 0 Å². The summed E-state index contributed by atoms with van der Waals surface area (Å²) in [6.45, 7) is 4.03. The summed E-state index contributed by atoms with van der Waals surface area (Å²) in [5, 5.41) is 15.9. The number of hydrogen-bond acceptors (Lipinski definition) is 7. The first-order chi connectivity index (χ1) is 23.1. The molecule has 0 bridgehead atoms. The minimum absolute atomic E-state index is 0.513. The SMILES string of the molecule is COc1cc2c(-c3ccccc3Cl)nc3c(c(CNCc4cccc(Oc5ccccc5)c4)nn3CC3CCNCC3)c2cc1OC. The molecule has 8 nitrogen and oxygen atoms in total. The van der Waals surface area contributed by atoms with E-state index in [0.29, 0.717) is 35.5 Å². The molecule has 47 heavy (non-hydrogen) atoms. The van der Waals surface area contributed by atoms with E-state index in [9.17, 15) is 0 Å². The van der Waals surface area contributed by atoms with Gasteiger partial charge in [0, 0.05) is 41.0 Å². The topological polar surface area (TPSA) is 82.5 Å². The molecule has 2 N–H and O–H groups in total. The fraction of sp³-hybridized carbons (Fsp3) is 0.263. The van der Waals surface area contributed by atoms with E-state index in [-0.39, 0.29) is 0 Å². The van der Waals surface area contributed by atoms with Gasteiger partial charge < -0.3 is 24.8 Å². The summed E-state index contributed by atoms with van der Waals surface area (Å²) in [6.07, 6.45) is 2.21. The molecule has 0 unspecified atom stereocenters. The Bertz CT molecular complexity index is 2010. The number of nitrogens with one attached hydrogen (secondary N) is 2. The normalized spacial score (nSPS) is 13.7. The van der Waals surface area contributed by atoms with E-state index >= 15 is 0 Å². The molecule has 240 valence electrons. The number of piperidine rings is 1. The average molecular weight is 648 g/mol. The number of nitrogens with zero attached hydrogens (tertiary/aromatic N) is 3. The third kappa shape index (κ3) is 6.63. The van der Waals surface area contributed by atoms with Crippen LogP contribution in [0.15, 0.2) is 91.0 Å². The van der Waals surface area contributed by atoms with Crippen LogP contribution in [-0.4, -0.2) is 42.1 Å². The highest BCUT2D eigenvalue weighted by atomic mass is 35.5. The second kappa shape index (κ2) is 14.0. The van der Waals surface area contributed by atoms with Gasteiger partial charge in [0.15, 0.2) is 17.1 Å². The van der Waals surface area contributed by atoms with E-state index < -0.39 is 0 Å². The molecule has 2 aromatic heterocycles. The van der Waals surface area contributed by atoms with Gasteiger partial charge in [-0.25, -0.2) is 9.67 Å². The molecule has 1 saturated heterocycles. The lowest BCUT2D eigenvalue weighted by Crippen LogP contribution is -2.30. The standard InChI is InChI=1S/C38H38ClN5O3/c1-45-34-20-30-31(21-35(34)46-2)37(29-13-6-7-14-32(29)39)42-38-36(30)33(43-44(38)24-25-15-17-40-18-16-25)23-41-22-26-9-8-12-28(19-26)47-27-10-4-3-5-11-27/h3-14,19-21,25,40-41H,15-18,22-24H2,1-2H3. The quantitative estimate of drug-likeness (QED) is 0.147. The predicted octanol–water partition coefficient (Wildman–Crippen LogP) is 8.00. The minimum atomic E-state index is 0.513. The Hall–Kier alpha value is -4.63. The number of para-hydroxylation sites is 1. The van der Waals surface area contributed by atoms with Gasteiger partial charge in [-0.05, 0) is 79.9 Å². The zero-order chi connectivity index (χ0) is 32.2. The van der Waals surface area contributed by atoms with Gasteiger partial charge >= 0.3 is 0 Å². The summed E-state index contributed by atoms with van der Waals surface area (Å²) in [5.41, 5.74) is 4.54. The Morgan fingerprint density at radius 2 is 1.55 bits per heavy atom. The van der Waals surface area contributed by atoms with Crippen LogP contribution in [0.25, 0.3) is 33.1 Å². The molecule has 0 saturated carbocycles. The molecule has 0 atom stereocenters. The molecule has 9 heteroatoms. The summed E-state index contributed by atoms with van der Waals surface area (Å²) in [4.78, 5) is 5.33. The van der Waals surface area contributed by atoms with E-state index in [1.165, 1.54) is 0 Å². The third-order valence-electron chi connectivity index (χ3n) is 8.78. The van der Waals surface area contributed by atoms with E-state index in [1.54, 1.807) is 14.2 Å². The summed E-state index contributed by atoms with van der Waals surface area (Å²) >= 11 is 6.78. The number of fused-ring (bicyclic) bond motifs is 3. The van der Waals surface area contributed by atoms with Crippen molar-refractivity contribution in [3.63, 3.8) is 0 Å². The van der Waals surface area contributed by atoms with Crippen LogP contribution in [0.5, 0.6) is 23.0 Å². The van der Waals surface area contributed by atoms with Crippen LogP contribution in [0, 0.1) is 5.92 Å². The van der Waals surface area contributed by atoms with Crippen LogP contribution >= 0.6 is 11.6 Å². The highest BCUT2D eigenvalue weighted by Crippen LogP contribution is 2.42. The molecule has 3 heterocycles. The van der Waals surface area contributed by atoms with E-state index in [4.69, 9.17) is 35.9 Å². The molecule has 0 amide bonds. The Morgan fingerprint density at radius 3 is 2.32 bits per heavy atom. The largest absolute Gasteiger partial charge is 0.493 e. The van der Waals surface area contributed by atoms with E-state index in [2.05, 4.69) is 27.4 Å². The summed E-state index contributed by atoms with van der Waals surface area (Å²) in [7, 11) is 3.31. The smallest absolute Gasteiger partial charge is 0.161 e. The lowest BCUT2D eigenvalue weighted by molar-refractivity contribution is 0.323. The number of aromatic nitrogens is 3. The van der Waals surface area contributed by atoms with Gasteiger partial charge in [-0.15, -0.1) is 0 Å². The van der Waals surface area contributed by atoms with Crippen molar-refractivity contribution in [1.29, 1.82) is 0 Å². The molecule has 1 fully saturated rings. The van der Waals surface area contributed by atoms with Crippen molar-refractivity contribution in [1.82, 2.24) is 25.4 Å². The number of methoxy groups -OCH3 is 2. The summed E-state index contributed by atoms with van der Waals surface area (Å²) in [6, 6.07) is 29.9. The van der Waals surface area contributed by atoms with Gasteiger partial charge in [-0.1, -0.05) is 60.1 Å². The van der Waals surface area contributed by atoms with Crippen molar-refractivity contribution in [3.8, 4) is 34.3 Å². The lowest BCUT2D eigenvalue weighted by atomic mass is 9.98. The monoisotopic (exact) mass is 647 g/mol. The van der Waals surface area contributed by atoms with E-state index in [0.717, 1.165) is 88.3 Å². The number of pyridine rings is 1. The minimum Gasteiger partial charge on any atom is -0.493 e. The highest BCUT2D eigenvalue weighted by Gasteiger charge is 2.24. The first kappa shape index (κ1) is 31.0. The number of halogens is 1. The van der Waals surface area contributed by atoms with Gasteiger partial charge in [-0.3, -0.25) is 0 Å².